The maximum atomic E-state index is 12.0. The van der Waals surface area contributed by atoms with Crippen LogP contribution in [0.4, 0.5) is 0 Å². The Labute approximate surface area is 130 Å². The molecule has 0 unspecified atom stereocenters. The van der Waals surface area contributed by atoms with E-state index in [-0.39, 0.29) is 24.4 Å². The number of carbonyl (C=O) groups is 2. The number of benzene rings is 2. The van der Waals surface area contributed by atoms with E-state index in [1.54, 1.807) is 36.4 Å². The van der Waals surface area contributed by atoms with Crippen LogP contribution in [-0.4, -0.2) is 11.6 Å². The van der Waals surface area contributed by atoms with E-state index in [1.807, 2.05) is 12.1 Å². The van der Waals surface area contributed by atoms with Crippen molar-refractivity contribution in [1.29, 1.82) is 0 Å². The fourth-order valence-corrected chi connectivity index (χ4v) is 2.33. The molecule has 0 fully saturated rings. The van der Waals surface area contributed by atoms with Crippen molar-refractivity contribution in [3.63, 3.8) is 0 Å². The van der Waals surface area contributed by atoms with Crippen molar-refractivity contribution < 1.29 is 9.59 Å². The largest absolute Gasteiger partial charge is 0.294 e. The highest BCUT2D eigenvalue weighted by Gasteiger charge is 2.13. The van der Waals surface area contributed by atoms with Gasteiger partial charge >= 0.3 is 0 Å². The summed E-state index contributed by atoms with van der Waals surface area (Å²) in [5, 5.41) is 0.425. The first kappa shape index (κ1) is 14.9. The number of halogens is 2. The van der Waals surface area contributed by atoms with Crippen molar-refractivity contribution in [1.82, 2.24) is 0 Å². The number of hydrogen-bond donors (Lipinski definition) is 0. The highest BCUT2D eigenvalue weighted by atomic mass is 79.9. The third kappa shape index (κ3) is 3.78. The molecule has 0 aliphatic rings. The Morgan fingerprint density at radius 2 is 1.50 bits per heavy atom. The van der Waals surface area contributed by atoms with E-state index < -0.39 is 0 Å². The summed E-state index contributed by atoms with van der Waals surface area (Å²) in [4.78, 5) is 24.0. The summed E-state index contributed by atoms with van der Waals surface area (Å²) >= 11 is 9.27. The van der Waals surface area contributed by atoms with E-state index in [9.17, 15) is 9.59 Å². The third-order valence-corrected chi connectivity index (χ3v) is 3.78. The van der Waals surface area contributed by atoms with Gasteiger partial charge in [-0.25, -0.2) is 0 Å². The maximum absolute atomic E-state index is 12.0. The lowest BCUT2D eigenvalue weighted by molar-refractivity contribution is 0.0917. The van der Waals surface area contributed by atoms with Gasteiger partial charge in [-0.2, -0.15) is 0 Å². The van der Waals surface area contributed by atoms with E-state index in [0.29, 0.717) is 16.1 Å². The van der Waals surface area contributed by atoms with Crippen LogP contribution in [0.15, 0.2) is 53.0 Å². The maximum Gasteiger partial charge on any atom is 0.164 e. The zero-order valence-corrected chi connectivity index (χ0v) is 12.9. The number of hydrogen-bond acceptors (Lipinski definition) is 2. The van der Waals surface area contributed by atoms with Crippen LogP contribution in [0.5, 0.6) is 0 Å². The van der Waals surface area contributed by atoms with Gasteiger partial charge in [-0.1, -0.05) is 51.8 Å². The number of Topliss-reactive ketones (excluding diaryl/α,β-unsaturated/α-hetero) is 2. The molecule has 0 atom stereocenters. The van der Waals surface area contributed by atoms with Crippen LogP contribution < -0.4 is 0 Å². The Hall–Kier alpha value is -1.45. The molecule has 0 spiro atoms. The summed E-state index contributed by atoms with van der Waals surface area (Å²) in [6, 6.07) is 14.0. The molecule has 0 aromatic heterocycles. The van der Waals surface area contributed by atoms with Gasteiger partial charge in [0.1, 0.15) is 0 Å². The summed E-state index contributed by atoms with van der Waals surface area (Å²) in [5.41, 5.74) is 1.08. The molecular weight excluding hydrogens is 340 g/mol. The van der Waals surface area contributed by atoms with Gasteiger partial charge in [-0.05, 0) is 24.3 Å². The monoisotopic (exact) mass is 350 g/mol. The molecule has 0 radical (unpaired) electrons. The predicted molar refractivity (Wildman–Crippen MR) is 83.5 cm³/mol. The van der Waals surface area contributed by atoms with Gasteiger partial charge in [0, 0.05) is 28.4 Å². The molecule has 0 amide bonds. The molecule has 0 saturated heterocycles. The molecule has 0 aliphatic heterocycles. The first-order chi connectivity index (χ1) is 9.58. The molecule has 0 N–H and O–H groups in total. The van der Waals surface area contributed by atoms with Gasteiger partial charge in [-0.3, -0.25) is 9.59 Å². The Morgan fingerprint density at radius 3 is 2.15 bits per heavy atom. The lowest BCUT2D eigenvalue weighted by Gasteiger charge is -2.03. The van der Waals surface area contributed by atoms with Crippen LogP contribution in [0, 0.1) is 0 Å². The van der Waals surface area contributed by atoms with Gasteiger partial charge in [-0.15, -0.1) is 0 Å². The van der Waals surface area contributed by atoms with E-state index in [4.69, 9.17) is 11.6 Å². The smallest absolute Gasteiger partial charge is 0.164 e. The van der Waals surface area contributed by atoms with Crippen LogP contribution in [-0.2, 0) is 0 Å². The summed E-state index contributed by atoms with van der Waals surface area (Å²) < 4.78 is 0.918. The molecule has 0 saturated carbocycles. The Bertz CT molecular complexity index is 635. The van der Waals surface area contributed by atoms with Gasteiger partial charge in [0.15, 0.2) is 11.6 Å². The van der Waals surface area contributed by atoms with Crippen molar-refractivity contribution in [2.75, 3.05) is 0 Å². The van der Waals surface area contributed by atoms with Crippen LogP contribution in [0.2, 0.25) is 5.02 Å². The molecule has 102 valence electrons. The second-order valence-electron chi connectivity index (χ2n) is 4.33. The summed E-state index contributed by atoms with van der Waals surface area (Å²) in [5.74, 6) is -0.154. The standard InChI is InChI=1S/C16H12BrClO2/c17-12-7-5-11(6-8-12)15(19)9-10-16(20)13-3-1-2-4-14(13)18/h1-8H,9-10H2. The number of rotatable bonds is 5. The number of ketones is 2. The Morgan fingerprint density at radius 1 is 0.900 bits per heavy atom. The minimum absolute atomic E-state index is 0.0436. The molecule has 2 nitrogen and oxygen atoms in total. The lowest BCUT2D eigenvalue weighted by atomic mass is 10.0. The van der Waals surface area contributed by atoms with Gasteiger partial charge in [0.25, 0.3) is 0 Å². The molecule has 0 bridgehead atoms. The van der Waals surface area contributed by atoms with Crippen LogP contribution in [0.1, 0.15) is 33.6 Å². The van der Waals surface area contributed by atoms with Crippen LogP contribution in [0.25, 0.3) is 0 Å². The fourth-order valence-electron chi connectivity index (χ4n) is 1.83. The first-order valence-corrected chi connectivity index (χ1v) is 7.31. The van der Waals surface area contributed by atoms with E-state index in [0.717, 1.165) is 4.47 Å². The van der Waals surface area contributed by atoms with Crippen molar-refractivity contribution >= 4 is 39.1 Å². The summed E-state index contributed by atoms with van der Waals surface area (Å²) in [6.07, 6.45) is 0.352. The van der Waals surface area contributed by atoms with E-state index >= 15 is 0 Å². The molecular formula is C16H12BrClO2. The fraction of sp³-hybridized carbons (Fsp3) is 0.125. The van der Waals surface area contributed by atoms with Crippen molar-refractivity contribution in [3.05, 3.63) is 69.2 Å². The minimum Gasteiger partial charge on any atom is -0.294 e. The second-order valence-corrected chi connectivity index (χ2v) is 5.66. The molecule has 0 aliphatic carbocycles. The number of carbonyl (C=O) groups excluding carboxylic acids is 2. The zero-order valence-electron chi connectivity index (χ0n) is 10.6. The summed E-state index contributed by atoms with van der Waals surface area (Å²) in [6.45, 7) is 0. The predicted octanol–water partition coefficient (Wildman–Crippen LogP) is 4.95. The molecule has 4 heteroatoms. The average Bonchev–Trinajstić information content (AvgIpc) is 2.45. The van der Waals surface area contributed by atoms with E-state index in [2.05, 4.69) is 15.9 Å². The topological polar surface area (TPSA) is 34.1 Å². The molecule has 20 heavy (non-hydrogen) atoms. The second kappa shape index (κ2) is 6.82. The highest BCUT2D eigenvalue weighted by Crippen LogP contribution is 2.18. The van der Waals surface area contributed by atoms with Crippen LogP contribution in [0.3, 0.4) is 0 Å². The molecule has 0 heterocycles. The quantitative estimate of drug-likeness (QED) is 0.714. The SMILES string of the molecule is O=C(CCC(=O)c1ccccc1Cl)c1ccc(Br)cc1. The average molecular weight is 352 g/mol. The van der Waals surface area contributed by atoms with Gasteiger partial charge in [0.2, 0.25) is 0 Å². The first-order valence-electron chi connectivity index (χ1n) is 6.14. The Balaban J connectivity index is 1.99. The normalized spacial score (nSPS) is 10.3. The highest BCUT2D eigenvalue weighted by molar-refractivity contribution is 9.10. The van der Waals surface area contributed by atoms with Crippen LogP contribution >= 0.6 is 27.5 Å². The lowest BCUT2D eigenvalue weighted by Crippen LogP contribution is -2.05. The van der Waals surface area contributed by atoms with Crippen molar-refractivity contribution in [3.8, 4) is 0 Å². The Kier molecular flexibility index (Phi) is 5.10. The van der Waals surface area contributed by atoms with Gasteiger partial charge < -0.3 is 0 Å². The molecule has 2 aromatic carbocycles. The van der Waals surface area contributed by atoms with Crippen molar-refractivity contribution in [2.45, 2.75) is 12.8 Å². The van der Waals surface area contributed by atoms with Gasteiger partial charge in [0.05, 0.1) is 5.02 Å². The minimum atomic E-state index is -0.110. The zero-order chi connectivity index (χ0) is 14.5. The van der Waals surface area contributed by atoms with E-state index in [1.165, 1.54) is 0 Å². The summed E-state index contributed by atoms with van der Waals surface area (Å²) in [7, 11) is 0. The third-order valence-electron chi connectivity index (χ3n) is 2.92. The molecule has 2 rings (SSSR count). The van der Waals surface area contributed by atoms with Crippen molar-refractivity contribution in [2.24, 2.45) is 0 Å². The molecule has 2 aromatic rings.